The number of hydrogen-bond donors (Lipinski definition) is 1. The Morgan fingerprint density at radius 2 is 2.00 bits per heavy atom. The molecule has 1 aliphatic heterocycles. The molecule has 0 aliphatic carbocycles. The second-order valence-electron chi connectivity index (χ2n) is 3.49. The monoisotopic (exact) mass is 204 g/mol. The summed E-state index contributed by atoms with van der Waals surface area (Å²) in [4.78, 5) is 10.1. The Bertz CT molecular complexity index is 396. The molecular weight excluding hydrogens is 192 g/mol. The van der Waals surface area contributed by atoms with Crippen molar-refractivity contribution in [3.63, 3.8) is 0 Å². The van der Waals surface area contributed by atoms with Crippen LogP contribution in [0.25, 0.3) is 5.57 Å². The molecule has 1 aliphatic rings. The summed E-state index contributed by atoms with van der Waals surface area (Å²) in [7, 11) is 0. The van der Waals surface area contributed by atoms with Gasteiger partial charge in [0.05, 0.1) is 4.92 Å². The van der Waals surface area contributed by atoms with Crippen molar-refractivity contribution in [2.24, 2.45) is 0 Å². The third kappa shape index (κ3) is 2.22. The summed E-state index contributed by atoms with van der Waals surface area (Å²) < 4.78 is 0. The number of nitrogens with one attached hydrogen (secondary N) is 1. The van der Waals surface area contributed by atoms with Gasteiger partial charge in [-0.05, 0) is 36.2 Å². The molecule has 1 aromatic carbocycles. The van der Waals surface area contributed by atoms with E-state index in [-0.39, 0.29) is 10.6 Å². The fraction of sp³-hybridized carbons (Fsp3) is 0.273. The van der Waals surface area contributed by atoms with E-state index in [2.05, 4.69) is 11.4 Å². The molecule has 0 amide bonds. The minimum Gasteiger partial charge on any atom is -0.313 e. The van der Waals surface area contributed by atoms with Gasteiger partial charge in [-0.25, -0.2) is 0 Å². The molecule has 0 aromatic heterocycles. The fourth-order valence-corrected chi connectivity index (χ4v) is 1.68. The minimum atomic E-state index is -0.374. The summed E-state index contributed by atoms with van der Waals surface area (Å²) in [6.45, 7) is 1.86. The van der Waals surface area contributed by atoms with E-state index in [4.69, 9.17) is 0 Å². The van der Waals surface area contributed by atoms with E-state index in [1.807, 2.05) is 12.1 Å². The Morgan fingerprint density at radius 1 is 1.27 bits per heavy atom. The molecule has 0 saturated carbocycles. The lowest BCUT2D eigenvalue weighted by atomic mass is 10.0. The highest BCUT2D eigenvalue weighted by Gasteiger charge is 2.08. The molecule has 0 spiro atoms. The van der Waals surface area contributed by atoms with E-state index in [1.54, 1.807) is 12.1 Å². The number of benzene rings is 1. The summed E-state index contributed by atoms with van der Waals surface area (Å²) >= 11 is 0. The van der Waals surface area contributed by atoms with Crippen LogP contribution in [0, 0.1) is 10.1 Å². The number of non-ortho nitro benzene ring substituents is 1. The highest BCUT2D eigenvalue weighted by Crippen LogP contribution is 2.21. The van der Waals surface area contributed by atoms with Crippen LogP contribution in [0.3, 0.4) is 0 Å². The molecule has 4 nitrogen and oxygen atoms in total. The first-order valence-electron chi connectivity index (χ1n) is 4.92. The van der Waals surface area contributed by atoms with Crippen LogP contribution in [0.5, 0.6) is 0 Å². The number of hydrogen-bond acceptors (Lipinski definition) is 3. The van der Waals surface area contributed by atoms with Crippen LogP contribution in [0.4, 0.5) is 5.69 Å². The van der Waals surface area contributed by atoms with E-state index >= 15 is 0 Å². The van der Waals surface area contributed by atoms with Gasteiger partial charge in [-0.3, -0.25) is 10.1 Å². The van der Waals surface area contributed by atoms with Crippen LogP contribution in [-0.2, 0) is 0 Å². The number of nitro groups is 1. The summed E-state index contributed by atoms with van der Waals surface area (Å²) in [5.41, 5.74) is 2.50. The van der Waals surface area contributed by atoms with Crippen molar-refractivity contribution in [2.75, 3.05) is 13.1 Å². The van der Waals surface area contributed by atoms with Gasteiger partial charge >= 0.3 is 0 Å². The lowest BCUT2D eigenvalue weighted by molar-refractivity contribution is -0.384. The number of nitrogens with zero attached hydrogens (tertiary/aromatic N) is 1. The lowest BCUT2D eigenvalue weighted by Crippen LogP contribution is -2.19. The topological polar surface area (TPSA) is 55.2 Å². The fourth-order valence-electron chi connectivity index (χ4n) is 1.68. The van der Waals surface area contributed by atoms with E-state index in [0.717, 1.165) is 25.1 Å². The van der Waals surface area contributed by atoms with Crippen molar-refractivity contribution in [1.82, 2.24) is 5.32 Å². The third-order valence-corrected chi connectivity index (χ3v) is 2.51. The molecule has 0 radical (unpaired) electrons. The van der Waals surface area contributed by atoms with E-state index in [1.165, 1.54) is 5.57 Å². The normalized spacial score (nSPS) is 15.9. The van der Waals surface area contributed by atoms with Gasteiger partial charge in [0.1, 0.15) is 0 Å². The zero-order valence-corrected chi connectivity index (χ0v) is 8.27. The van der Waals surface area contributed by atoms with E-state index in [9.17, 15) is 10.1 Å². The first kappa shape index (κ1) is 9.86. The van der Waals surface area contributed by atoms with Crippen molar-refractivity contribution < 1.29 is 4.92 Å². The highest BCUT2D eigenvalue weighted by atomic mass is 16.6. The molecule has 1 aromatic rings. The largest absolute Gasteiger partial charge is 0.313 e. The molecular formula is C11H12N2O2. The van der Waals surface area contributed by atoms with Crippen molar-refractivity contribution in [1.29, 1.82) is 0 Å². The van der Waals surface area contributed by atoms with Gasteiger partial charge in [-0.2, -0.15) is 0 Å². The molecule has 0 saturated heterocycles. The average Bonchev–Trinajstić information content (AvgIpc) is 2.30. The van der Waals surface area contributed by atoms with Crippen molar-refractivity contribution >= 4 is 11.3 Å². The van der Waals surface area contributed by atoms with Gasteiger partial charge in [-0.1, -0.05) is 6.08 Å². The Morgan fingerprint density at radius 3 is 2.53 bits per heavy atom. The molecule has 78 valence electrons. The Labute approximate surface area is 87.8 Å². The molecule has 0 atom stereocenters. The lowest BCUT2D eigenvalue weighted by Gasteiger charge is -2.13. The van der Waals surface area contributed by atoms with Crippen LogP contribution in [0.15, 0.2) is 30.3 Å². The molecule has 0 unspecified atom stereocenters. The molecule has 4 heteroatoms. The standard InChI is InChI=1S/C11H12N2O2/c14-13(15)11-3-1-9(2-4-11)10-5-7-12-8-6-10/h1-5,12H,6-8H2. The number of rotatable bonds is 2. The Hall–Kier alpha value is -1.68. The average molecular weight is 204 g/mol. The Balaban J connectivity index is 2.23. The second kappa shape index (κ2) is 4.23. The zero-order valence-electron chi connectivity index (χ0n) is 8.27. The smallest absolute Gasteiger partial charge is 0.269 e. The maximum atomic E-state index is 10.5. The molecule has 0 fully saturated rings. The van der Waals surface area contributed by atoms with Crippen molar-refractivity contribution in [3.8, 4) is 0 Å². The molecule has 0 bridgehead atoms. The highest BCUT2D eigenvalue weighted by molar-refractivity contribution is 5.67. The van der Waals surface area contributed by atoms with Crippen LogP contribution >= 0.6 is 0 Å². The quantitative estimate of drug-likeness (QED) is 0.592. The SMILES string of the molecule is O=[N+]([O-])c1ccc(C2=CCNCC2)cc1. The summed E-state index contributed by atoms with van der Waals surface area (Å²) in [6, 6.07) is 6.74. The predicted octanol–water partition coefficient (Wildman–Crippen LogP) is 1.97. The van der Waals surface area contributed by atoms with Gasteiger partial charge in [0.15, 0.2) is 0 Å². The minimum absolute atomic E-state index is 0.147. The molecule has 1 N–H and O–H groups in total. The van der Waals surface area contributed by atoms with Gasteiger partial charge in [-0.15, -0.1) is 0 Å². The van der Waals surface area contributed by atoms with Crippen LogP contribution in [0.1, 0.15) is 12.0 Å². The summed E-state index contributed by atoms with van der Waals surface area (Å²) in [5, 5.41) is 13.7. The maximum Gasteiger partial charge on any atom is 0.269 e. The van der Waals surface area contributed by atoms with E-state index in [0.29, 0.717) is 0 Å². The van der Waals surface area contributed by atoms with Gasteiger partial charge in [0.25, 0.3) is 5.69 Å². The summed E-state index contributed by atoms with van der Waals surface area (Å²) in [6.07, 6.45) is 3.11. The summed E-state index contributed by atoms with van der Waals surface area (Å²) in [5.74, 6) is 0. The third-order valence-electron chi connectivity index (χ3n) is 2.51. The van der Waals surface area contributed by atoms with Gasteiger partial charge in [0, 0.05) is 18.7 Å². The first-order valence-corrected chi connectivity index (χ1v) is 4.92. The van der Waals surface area contributed by atoms with Crippen LogP contribution in [-0.4, -0.2) is 18.0 Å². The van der Waals surface area contributed by atoms with Crippen molar-refractivity contribution in [3.05, 3.63) is 46.0 Å². The van der Waals surface area contributed by atoms with Gasteiger partial charge in [0.2, 0.25) is 0 Å². The Kier molecular flexibility index (Phi) is 2.78. The second-order valence-corrected chi connectivity index (χ2v) is 3.49. The molecule has 2 rings (SSSR count). The van der Waals surface area contributed by atoms with E-state index < -0.39 is 0 Å². The first-order chi connectivity index (χ1) is 7.27. The maximum absolute atomic E-state index is 10.5. The van der Waals surface area contributed by atoms with Gasteiger partial charge < -0.3 is 5.32 Å². The van der Waals surface area contributed by atoms with Crippen molar-refractivity contribution in [2.45, 2.75) is 6.42 Å². The predicted molar refractivity (Wildman–Crippen MR) is 58.6 cm³/mol. The van der Waals surface area contributed by atoms with Crippen LogP contribution in [0.2, 0.25) is 0 Å². The number of nitro benzene ring substituents is 1. The van der Waals surface area contributed by atoms with Crippen LogP contribution < -0.4 is 5.32 Å². The molecule has 15 heavy (non-hydrogen) atoms. The zero-order chi connectivity index (χ0) is 10.7. The molecule has 1 heterocycles.